The molecule has 1 N–H and O–H groups in total. The summed E-state index contributed by atoms with van der Waals surface area (Å²) < 4.78 is 1.90. The van der Waals surface area contributed by atoms with Gasteiger partial charge in [0.25, 0.3) is 0 Å². The molecule has 3 heterocycles. The number of hydrogen-bond donors (Lipinski definition) is 1. The minimum atomic E-state index is -0.596. The zero-order valence-corrected chi connectivity index (χ0v) is 9.84. The van der Waals surface area contributed by atoms with Gasteiger partial charge in [-0.05, 0) is 12.1 Å². The van der Waals surface area contributed by atoms with Gasteiger partial charge in [-0.3, -0.25) is 0 Å². The lowest BCUT2D eigenvalue weighted by Gasteiger charge is -2.03. The number of imidazole rings is 1. The number of fused-ring (bicyclic) bond motifs is 1. The number of rotatable bonds is 3. The highest BCUT2D eigenvalue weighted by Gasteiger charge is 2.13. The molecule has 5 heteroatoms. The molecule has 0 radical (unpaired) electrons. The number of aliphatic hydroxyl groups is 1. The highest BCUT2D eigenvalue weighted by Crippen LogP contribution is 2.19. The average molecular weight is 245 g/mol. The summed E-state index contributed by atoms with van der Waals surface area (Å²) >= 11 is 1.55. The van der Waals surface area contributed by atoms with Crippen LogP contribution >= 0.6 is 11.3 Å². The van der Waals surface area contributed by atoms with Crippen molar-refractivity contribution in [2.24, 2.45) is 0 Å². The Bertz CT molecular complexity index is 585. The van der Waals surface area contributed by atoms with Crippen molar-refractivity contribution in [3.8, 4) is 0 Å². The van der Waals surface area contributed by atoms with Gasteiger partial charge in [-0.25, -0.2) is 9.97 Å². The van der Waals surface area contributed by atoms with Crippen LogP contribution in [0.5, 0.6) is 0 Å². The van der Waals surface area contributed by atoms with Gasteiger partial charge in [0.2, 0.25) is 0 Å². The van der Waals surface area contributed by atoms with E-state index in [-0.39, 0.29) is 0 Å². The molecule has 0 amide bonds. The Labute approximate surface area is 102 Å². The van der Waals surface area contributed by atoms with Crippen molar-refractivity contribution in [1.82, 2.24) is 14.4 Å². The van der Waals surface area contributed by atoms with Crippen molar-refractivity contribution in [1.29, 1.82) is 0 Å². The first kappa shape index (κ1) is 10.4. The zero-order valence-electron chi connectivity index (χ0n) is 9.02. The predicted octanol–water partition coefficient (Wildman–Crippen LogP) is 2.07. The van der Waals surface area contributed by atoms with Gasteiger partial charge < -0.3 is 9.51 Å². The third-order valence-electron chi connectivity index (χ3n) is 2.58. The van der Waals surface area contributed by atoms with Crippen molar-refractivity contribution in [3.63, 3.8) is 0 Å². The molecule has 0 aromatic carbocycles. The maximum atomic E-state index is 10.1. The van der Waals surface area contributed by atoms with Crippen molar-refractivity contribution in [3.05, 3.63) is 52.9 Å². The summed E-state index contributed by atoms with van der Waals surface area (Å²) in [7, 11) is 0. The fraction of sp³-hybridized carbons (Fsp3) is 0.167. The second-order valence-corrected chi connectivity index (χ2v) is 4.76. The number of aliphatic hydroxyl groups excluding tert-OH is 1. The van der Waals surface area contributed by atoms with Gasteiger partial charge in [-0.2, -0.15) is 0 Å². The number of aromatic nitrogens is 3. The van der Waals surface area contributed by atoms with E-state index in [1.807, 2.05) is 40.4 Å². The van der Waals surface area contributed by atoms with E-state index >= 15 is 0 Å². The Kier molecular flexibility index (Phi) is 2.62. The molecule has 3 aromatic rings. The second kappa shape index (κ2) is 4.27. The predicted molar refractivity (Wildman–Crippen MR) is 66.0 cm³/mol. The first-order chi connectivity index (χ1) is 8.33. The number of thiazole rings is 1. The summed E-state index contributed by atoms with van der Waals surface area (Å²) in [4.78, 5) is 8.54. The molecule has 0 saturated carbocycles. The lowest BCUT2D eigenvalue weighted by atomic mass is 10.2. The van der Waals surface area contributed by atoms with Gasteiger partial charge in [0, 0.05) is 30.4 Å². The molecular formula is C12H11N3OS. The van der Waals surface area contributed by atoms with Gasteiger partial charge in [0.05, 0.1) is 10.7 Å². The Balaban J connectivity index is 1.88. The van der Waals surface area contributed by atoms with Crippen LogP contribution in [0.25, 0.3) is 5.65 Å². The molecular weight excluding hydrogens is 234 g/mol. The normalized spacial score (nSPS) is 13.0. The third kappa shape index (κ3) is 2.07. The Morgan fingerprint density at radius 3 is 3.12 bits per heavy atom. The van der Waals surface area contributed by atoms with Crippen molar-refractivity contribution in [2.75, 3.05) is 0 Å². The first-order valence-corrected chi connectivity index (χ1v) is 6.21. The van der Waals surface area contributed by atoms with Crippen LogP contribution in [0.1, 0.15) is 16.8 Å². The highest BCUT2D eigenvalue weighted by molar-refractivity contribution is 7.09. The lowest BCUT2D eigenvalue weighted by Crippen LogP contribution is -2.01. The van der Waals surface area contributed by atoms with E-state index in [2.05, 4.69) is 9.97 Å². The minimum Gasteiger partial charge on any atom is -0.386 e. The van der Waals surface area contributed by atoms with E-state index in [0.717, 1.165) is 10.7 Å². The standard InChI is InChI=1S/C12H11N3OS/c16-10(7-12-13-4-6-17-12)9-8-15-5-2-1-3-11(15)14-9/h1-6,8,10,16H,7H2. The lowest BCUT2D eigenvalue weighted by molar-refractivity contribution is 0.174. The fourth-order valence-electron chi connectivity index (χ4n) is 1.74. The van der Waals surface area contributed by atoms with Crippen LogP contribution in [0.15, 0.2) is 42.2 Å². The molecule has 0 fully saturated rings. The number of hydrogen-bond acceptors (Lipinski definition) is 4. The smallest absolute Gasteiger partial charge is 0.137 e. The molecule has 3 rings (SSSR count). The van der Waals surface area contributed by atoms with Gasteiger partial charge in [0.15, 0.2) is 0 Å². The third-order valence-corrected chi connectivity index (χ3v) is 3.38. The molecule has 3 aromatic heterocycles. The van der Waals surface area contributed by atoms with Crippen LogP contribution in [-0.2, 0) is 6.42 Å². The van der Waals surface area contributed by atoms with Crippen molar-refractivity contribution >= 4 is 17.0 Å². The monoisotopic (exact) mass is 245 g/mol. The van der Waals surface area contributed by atoms with E-state index in [4.69, 9.17) is 0 Å². The molecule has 0 saturated heterocycles. The Morgan fingerprint density at radius 2 is 2.35 bits per heavy atom. The molecule has 17 heavy (non-hydrogen) atoms. The number of pyridine rings is 1. The van der Waals surface area contributed by atoms with Crippen LogP contribution in [0, 0.1) is 0 Å². The SMILES string of the molecule is OC(Cc1nccs1)c1cn2ccccc2n1. The van der Waals surface area contributed by atoms with Crippen LogP contribution in [-0.4, -0.2) is 19.5 Å². The summed E-state index contributed by atoms with van der Waals surface area (Å²) in [5, 5.41) is 12.9. The molecule has 0 aliphatic carbocycles. The summed E-state index contributed by atoms with van der Waals surface area (Å²) in [5.41, 5.74) is 1.53. The van der Waals surface area contributed by atoms with E-state index in [0.29, 0.717) is 12.1 Å². The fourth-order valence-corrected chi connectivity index (χ4v) is 2.39. The summed E-state index contributed by atoms with van der Waals surface area (Å²) in [6, 6.07) is 5.78. The maximum absolute atomic E-state index is 10.1. The Morgan fingerprint density at radius 1 is 1.41 bits per heavy atom. The minimum absolute atomic E-state index is 0.515. The maximum Gasteiger partial charge on any atom is 0.137 e. The summed E-state index contributed by atoms with van der Waals surface area (Å²) in [6.07, 6.45) is 5.44. The molecule has 0 spiro atoms. The van der Waals surface area contributed by atoms with E-state index in [9.17, 15) is 5.11 Å². The van der Waals surface area contributed by atoms with Crippen molar-refractivity contribution < 1.29 is 5.11 Å². The molecule has 86 valence electrons. The van der Waals surface area contributed by atoms with E-state index in [1.165, 1.54) is 0 Å². The van der Waals surface area contributed by atoms with Crippen molar-refractivity contribution in [2.45, 2.75) is 12.5 Å². The summed E-state index contributed by atoms with van der Waals surface area (Å²) in [5.74, 6) is 0. The van der Waals surface area contributed by atoms with Gasteiger partial charge in [0.1, 0.15) is 11.8 Å². The van der Waals surface area contributed by atoms with E-state index in [1.54, 1.807) is 17.5 Å². The molecule has 1 unspecified atom stereocenters. The molecule has 1 atom stereocenters. The molecule has 4 nitrogen and oxygen atoms in total. The van der Waals surface area contributed by atoms with Gasteiger partial charge in [-0.1, -0.05) is 6.07 Å². The first-order valence-electron chi connectivity index (χ1n) is 5.33. The zero-order chi connectivity index (χ0) is 11.7. The van der Waals surface area contributed by atoms with Gasteiger partial charge in [-0.15, -0.1) is 11.3 Å². The van der Waals surface area contributed by atoms with Crippen LogP contribution in [0.3, 0.4) is 0 Å². The van der Waals surface area contributed by atoms with Crippen LogP contribution in [0.2, 0.25) is 0 Å². The van der Waals surface area contributed by atoms with Gasteiger partial charge >= 0.3 is 0 Å². The highest BCUT2D eigenvalue weighted by atomic mass is 32.1. The average Bonchev–Trinajstić information content (AvgIpc) is 2.96. The largest absolute Gasteiger partial charge is 0.386 e. The summed E-state index contributed by atoms with van der Waals surface area (Å²) in [6.45, 7) is 0. The quantitative estimate of drug-likeness (QED) is 0.768. The topological polar surface area (TPSA) is 50.4 Å². The van der Waals surface area contributed by atoms with Crippen LogP contribution in [0.4, 0.5) is 0 Å². The second-order valence-electron chi connectivity index (χ2n) is 3.78. The molecule has 0 bridgehead atoms. The van der Waals surface area contributed by atoms with E-state index < -0.39 is 6.10 Å². The number of nitrogens with zero attached hydrogens (tertiary/aromatic N) is 3. The molecule has 0 aliphatic heterocycles. The Hall–Kier alpha value is -1.72. The molecule has 0 aliphatic rings. The van der Waals surface area contributed by atoms with Crippen LogP contribution < -0.4 is 0 Å².